The van der Waals surface area contributed by atoms with Gasteiger partial charge in [-0.25, -0.2) is 8.78 Å². The standard InChI is InChI=1S/C23H30BrF5/c24-23(28,29)22-20(26)13-19(14-21(22)27)18-9-7-16(8-10-18)2-1-15-3-5-17(6-4-15)11-12-25/h13-18H,1-12H2. The number of rotatable bonds is 7. The molecule has 29 heavy (non-hydrogen) atoms. The van der Waals surface area contributed by atoms with E-state index in [4.69, 9.17) is 0 Å². The van der Waals surface area contributed by atoms with Crippen molar-refractivity contribution in [2.45, 2.75) is 81.4 Å². The van der Waals surface area contributed by atoms with Crippen molar-refractivity contribution in [3.05, 3.63) is 34.9 Å². The molecule has 0 saturated heterocycles. The van der Waals surface area contributed by atoms with Gasteiger partial charge in [0.25, 0.3) is 0 Å². The smallest absolute Gasteiger partial charge is 0.251 e. The zero-order chi connectivity index (χ0) is 21.0. The number of hydrogen-bond acceptors (Lipinski definition) is 0. The Morgan fingerprint density at radius 2 is 1.17 bits per heavy atom. The molecular formula is C23H30BrF5. The third kappa shape index (κ3) is 6.18. The van der Waals surface area contributed by atoms with Crippen LogP contribution in [0.1, 0.15) is 87.7 Å². The summed E-state index contributed by atoms with van der Waals surface area (Å²) in [6, 6.07) is 2.16. The van der Waals surface area contributed by atoms with Crippen LogP contribution in [0.15, 0.2) is 12.1 Å². The Morgan fingerprint density at radius 3 is 1.59 bits per heavy atom. The Labute approximate surface area is 178 Å². The lowest BCUT2D eigenvalue weighted by Crippen LogP contribution is -2.18. The van der Waals surface area contributed by atoms with E-state index >= 15 is 0 Å². The van der Waals surface area contributed by atoms with E-state index in [0.717, 1.165) is 56.6 Å². The molecule has 0 atom stereocenters. The van der Waals surface area contributed by atoms with Gasteiger partial charge in [0.1, 0.15) is 17.2 Å². The summed E-state index contributed by atoms with van der Waals surface area (Å²) < 4.78 is 67.2. The minimum atomic E-state index is -3.71. The van der Waals surface area contributed by atoms with Gasteiger partial charge in [0.05, 0.1) is 6.67 Å². The minimum Gasteiger partial charge on any atom is -0.251 e. The van der Waals surface area contributed by atoms with Crippen LogP contribution < -0.4 is 0 Å². The lowest BCUT2D eigenvalue weighted by atomic mass is 9.74. The second kappa shape index (κ2) is 10.1. The summed E-state index contributed by atoms with van der Waals surface area (Å²) in [4.78, 5) is -3.71. The van der Waals surface area contributed by atoms with Gasteiger partial charge in [-0.1, -0.05) is 38.5 Å². The van der Waals surface area contributed by atoms with Gasteiger partial charge in [0.2, 0.25) is 0 Å². The third-order valence-electron chi connectivity index (χ3n) is 7.13. The Bertz CT molecular complexity index is 633. The molecule has 1 aromatic carbocycles. The SMILES string of the molecule is FCCC1CCC(CCC2CCC(c3cc(F)c(C(F)(F)Br)c(F)c3)CC2)CC1. The Hall–Kier alpha value is -0.650. The van der Waals surface area contributed by atoms with Gasteiger partial charge in [-0.05, 0) is 89.4 Å². The molecular weight excluding hydrogens is 451 g/mol. The minimum absolute atomic E-state index is 0.0318. The molecule has 0 amide bonds. The van der Waals surface area contributed by atoms with Gasteiger partial charge in [-0.3, -0.25) is 4.39 Å². The van der Waals surface area contributed by atoms with E-state index in [1.807, 2.05) is 15.9 Å². The van der Waals surface area contributed by atoms with Crippen LogP contribution in [-0.4, -0.2) is 6.67 Å². The first-order chi connectivity index (χ1) is 13.8. The predicted octanol–water partition coefficient (Wildman–Crippen LogP) is 8.63. The highest BCUT2D eigenvalue weighted by atomic mass is 79.9. The summed E-state index contributed by atoms with van der Waals surface area (Å²) in [5, 5.41) is 0. The lowest BCUT2D eigenvalue weighted by Gasteiger charge is -2.32. The van der Waals surface area contributed by atoms with Crippen LogP contribution in [0.5, 0.6) is 0 Å². The van der Waals surface area contributed by atoms with Crippen LogP contribution in [0.4, 0.5) is 22.0 Å². The fraction of sp³-hybridized carbons (Fsp3) is 0.739. The quantitative estimate of drug-likeness (QED) is 0.270. The van der Waals surface area contributed by atoms with Crippen LogP contribution in [0.3, 0.4) is 0 Å². The summed E-state index contributed by atoms with van der Waals surface area (Å²) in [5.74, 6) is -0.381. The Morgan fingerprint density at radius 1 is 0.759 bits per heavy atom. The van der Waals surface area contributed by atoms with E-state index in [1.165, 1.54) is 25.7 Å². The van der Waals surface area contributed by atoms with Crippen molar-refractivity contribution < 1.29 is 22.0 Å². The molecule has 0 N–H and O–H groups in total. The van der Waals surface area contributed by atoms with Crippen molar-refractivity contribution in [2.75, 3.05) is 6.67 Å². The highest BCUT2D eigenvalue weighted by Crippen LogP contribution is 2.43. The van der Waals surface area contributed by atoms with Gasteiger partial charge in [-0.2, -0.15) is 8.78 Å². The molecule has 2 saturated carbocycles. The molecule has 0 unspecified atom stereocenters. The average molecular weight is 481 g/mol. The van der Waals surface area contributed by atoms with Crippen molar-refractivity contribution in [3.63, 3.8) is 0 Å². The van der Waals surface area contributed by atoms with Crippen LogP contribution in [0.25, 0.3) is 0 Å². The van der Waals surface area contributed by atoms with Gasteiger partial charge < -0.3 is 0 Å². The molecule has 0 nitrogen and oxygen atoms in total. The van der Waals surface area contributed by atoms with Crippen molar-refractivity contribution in [1.82, 2.24) is 0 Å². The fourth-order valence-corrected chi connectivity index (χ4v) is 5.70. The predicted molar refractivity (Wildman–Crippen MR) is 109 cm³/mol. The Balaban J connectivity index is 1.46. The molecule has 1 aromatic rings. The zero-order valence-electron chi connectivity index (χ0n) is 16.7. The Kier molecular flexibility index (Phi) is 8.02. The molecule has 0 radical (unpaired) electrons. The summed E-state index contributed by atoms with van der Waals surface area (Å²) >= 11 is 2.05. The normalized spacial score (nSPS) is 28.5. The monoisotopic (exact) mass is 480 g/mol. The fourth-order valence-electron chi connectivity index (χ4n) is 5.32. The summed E-state index contributed by atoms with van der Waals surface area (Å²) in [5.41, 5.74) is -0.721. The van der Waals surface area contributed by atoms with Gasteiger partial charge in [0, 0.05) is 0 Å². The molecule has 0 aliphatic heterocycles. The first-order valence-electron chi connectivity index (χ1n) is 10.9. The van der Waals surface area contributed by atoms with Crippen molar-refractivity contribution in [2.24, 2.45) is 17.8 Å². The van der Waals surface area contributed by atoms with Gasteiger partial charge >= 0.3 is 4.83 Å². The van der Waals surface area contributed by atoms with Crippen LogP contribution in [-0.2, 0) is 4.83 Å². The van der Waals surface area contributed by atoms with Crippen molar-refractivity contribution in [1.29, 1.82) is 0 Å². The molecule has 2 aliphatic carbocycles. The molecule has 3 rings (SSSR count). The second-order valence-electron chi connectivity index (χ2n) is 9.02. The highest BCUT2D eigenvalue weighted by Gasteiger charge is 2.35. The summed E-state index contributed by atoms with van der Waals surface area (Å²) in [6.45, 7) is -0.201. The van der Waals surface area contributed by atoms with Crippen LogP contribution >= 0.6 is 15.9 Å². The highest BCUT2D eigenvalue weighted by molar-refractivity contribution is 9.09. The van der Waals surface area contributed by atoms with Crippen LogP contribution in [0.2, 0.25) is 0 Å². The van der Waals surface area contributed by atoms with E-state index in [0.29, 0.717) is 23.8 Å². The summed E-state index contributed by atoms with van der Waals surface area (Å²) in [6.07, 6.45) is 11.6. The third-order valence-corrected chi connectivity index (χ3v) is 7.53. The molecule has 0 spiro atoms. The van der Waals surface area contributed by atoms with E-state index in [9.17, 15) is 22.0 Å². The molecule has 2 fully saturated rings. The van der Waals surface area contributed by atoms with E-state index < -0.39 is 22.0 Å². The maximum absolute atomic E-state index is 14.1. The van der Waals surface area contributed by atoms with Gasteiger partial charge in [-0.15, -0.1) is 0 Å². The number of hydrogen-bond donors (Lipinski definition) is 0. The first kappa shape index (κ1) is 23.0. The van der Waals surface area contributed by atoms with Crippen LogP contribution in [0, 0.1) is 29.4 Å². The maximum Gasteiger partial charge on any atom is 0.332 e. The average Bonchev–Trinajstić information content (AvgIpc) is 2.66. The van der Waals surface area contributed by atoms with Crippen molar-refractivity contribution >= 4 is 15.9 Å². The second-order valence-corrected chi connectivity index (χ2v) is 10.0. The topological polar surface area (TPSA) is 0 Å². The molecule has 0 aromatic heterocycles. The maximum atomic E-state index is 14.1. The lowest BCUT2D eigenvalue weighted by molar-refractivity contribution is 0.105. The van der Waals surface area contributed by atoms with Gasteiger partial charge in [0.15, 0.2) is 0 Å². The number of benzene rings is 1. The largest absolute Gasteiger partial charge is 0.332 e. The van der Waals surface area contributed by atoms with E-state index in [-0.39, 0.29) is 12.6 Å². The molecule has 2 aliphatic rings. The van der Waals surface area contributed by atoms with Crippen molar-refractivity contribution in [3.8, 4) is 0 Å². The number of halogens is 6. The number of alkyl halides is 4. The summed E-state index contributed by atoms with van der Waals surface area (Å²) in [7, 11) is 0. The zero-order valence-corrected chi connectivity index (χ0v) is 18.3. The molecule has 6 heteroatoms. The molecule has 164 valence electrons. The molecule has 0 bridgehead atoms. The molecule has 0 heterocycles. The van der Waals surface area contributed by atoms with E-state index in [1.54, 1.807) is 0 Å². The van der Waals surface area contributed by atoms with E-state index in [2.05, 4.69) is 0 Å². The first-order valence-corrected chi connectivity index (χ1v) is 11.7.